The molecule has 6 heteroatoms. The highest BCUT2D eigenvalue weighted by molar-refractivity contribution is 7.85. The SMILES string of the molecule is CCCOc1cccc2c1nc(N)n2C1CCS(=O)CC1. The molecule has 2 heterocycles. The molecule has 1 aromatic heterocycles. The molecule has 0 bridgehead atoms. The number of ether oxygens (including phenoxy) is 1. The molecule has 1 fully saturated rings. The van der Waals surface area contributed by atoms with E-state index in [4.69, 9.17) is 10.5 Å². The van der Waals surface area contributed by atoms with Gasteiger partial charge in [0.1, 0.15) is 11.3 Å². The van der Waals surface area contributed by atoms with Gasteiger partial charge in [0.2, 0.25) is 5.95 Å². The van der Waals surface area contributed by atoms with Crippen LogP contribution in [0.2, 0.25) is 0 Å². The average Bonchev–Trinajstić information content (AvgIpc) is 2.83. The lowest BCUT2D eigenvalue weighted by molar-refractivity contribution is 0.320. The van der Waals surface area contributed by atoms with E-state index in [1.54, 1.807) is 0 Å². The topological polar surface area (TPSA) is 70.1 Å². The van der Waals surface area contributed by atoms with Crippen molar-refractivity contribution in [2.45, 2.75) is 32.2 Å². The van der Waals surface area contributed by atoms with Crippen LogP contribution in [0.4, 0.5) is 5.95 Å². The number of benzene rings is 1. The number of anilines is 1. The van der Waals surface area contributed by atoms with Crippen molar-refractivity contribution in [1.82, 2.24) is 9.55 Å². The van der Waals surface area contributed by atoms with Gasteiger partial charge in [-0.15, -0.1) is 0 Å². The largest absolute Gasteiger partial charge is 0.491 e. The summed E-state index contributed by atoms with van der Waals surface area (Å²) in [6.45, 7) is 2.75. The van der Waals surface area contributed by atoms with Crippen molar-refractivity contribution >= 4 is 27.8 Å². The van der Waals surface area contributed by atoms with Gasteiger partial charge in [-0.3, -0.25) is 4.21 Å². The summed E-state index contributed by atoms with van der Waals surface area (Å²) in [5.41, 5.74) is 7.98. The molecule has 0 atom stereocenters. The van der Waals surface area contributed by atoms with E-state index in [9.17, 15) is 4.21 Å². The number of imidazole rings is 1. The molecule has 0 saturated carbocycles. The highest BCUT2D eigenvalue weighted by atomic mass is 32.2. The molecule has 3 rings (SSSR count). The van der Waals surface area contributed by atoms with E-state index >= 15 is 0 Å². The number of aromatic nitrogens is 2. The second kappa shape index (κ2) is 6.05. The standard InChI is InChI=1S/C15H21N3O2S/c1-2-8-20-13-5-3-4-12-14(13)17-15(16)18(12)11-6-9-21(19)10-7-11/h3-5,11H,2,6-10H2,1H3,(H2,16,17). The van der Waals surface area contributed by atoms with Crippen LogP contribution in [-0.2, 0) is 10.8 Å². The van der Waals surface area contributed by atoms with Crippen molar-refractivity contribution in [3.8, 4) is 5.75 Å². The molecule has 0 unspecified atom stereocenters. The molecule has 1 saturated heterocycles. The minimum absolute atomic E-state index is 0.286. The van der Waals surface area contributed by atoms with Gasteiger partial charge >= 0.3 is 0 Å². The van der Waals surface area contributed by atoms with Gasteiger partial charge in [-0.2, -0.15) is 0 Å². The lowest BCUT2D eigenvalue weighted by atomic mass is 10.1. The summed E-state index contributed by atoms with van der Waals surface area (Å²) in [6, 6.07) is 6.23. The first-order chi connectivity index (χ1) is 10.2. The number of nitrogens with zero attached hydrogens (tertiary/aromatic N) is 2. The Labute approximate surface area is 126 Å². The highest BCUT2D eigenvalue weighted by Crippen LogP contribution is 2.33. The predicted molar refractivity (Wildman–Crippen MR) is 86.1 cm³/mol. The molecule has 0 amide bonds. The number of fused-ring (bicyclic) bond motifs is 1. The normalized spacial score (nSPS) is 22.5. The summed E-state index contributed by atoms with van der Waals surface area (Å²) in [5, 5.41) is 0. The molecular formula is C15H21N3O2S. The Morgan fingerprint density at radius 3 is 2.90 bits per heavy atom. The van der Waals surface area contributed by atoms with E-state index in [1.807, 2.05) is 18.2 Å². The maximum absolute atomic E-state index is 11.5. The van der Waals surface area contributed by atoms with Gasteiger partial charge < -0.3 is 15.0 Å². The number of nitrogen functional groups attached to an aromatic ring is 1. The molecule has 1 aromatic carbocycles. The number of hydrogen-bond acceptors (Lipinski definition) is 4. The van der Waals surface area contributed by atoms with Gasteiger partial charge in [0.15, 0.2) is 0 Å². The summed E-state index contributed by atoms with van der Waals surface area (Å²) in [5.74, 6) is 2.81. The van der Waals surface area contributed by atoms with Crippen molar-refractivity contribution in [2.24, 2.45) is 0 Å². The maximum atomic E-state index is 11.5. The third kappa shape index (κ3) is 2.77. The van der Waals surface area contributed by atoms with Crippen molar-refractivity contribution in [1.29, 1.82) is 0 Å². The first kappa shape index (κ1) is 14.4. The smallest absolute Gasteiger partial charge is 0.201 e. The van der Waals surface area contributed by atoms with E-state index in [-0.39, 0.29) is 6.04 Å². The van der Waals surface area contributed by atoms with Crippen LogP contribution in [0.15, 0.2) is 18.2 Å². The van der Waals surface area contributed by atoms with E-state index < -0.39 is 10.8 Å². The van der Waals surface area contributed by atoms with E-state index in [1.165, 1.54) is 0 Å². The van der Waals surface area contributed by atoms with E-state index in [0.717, 1.165) is 47.6 Å². The Morgan fingerprint density at radius 2 is 2.19 bits per heavy atom. The van der Waals surface area contributed by atoms with Crippen molar-refractivity contribution < 1.29 is 8.95 Å². The van der Waals surface area contributed by atoms with Crippen LogP contribution in [0.25, 0.3) is 11.0 Å². The fraction of sp³-hybridized carbons (Fsp3) is 0.533. The second-order valence-electron chi connectivity index (χ2n) is 5.39. The van der Waals surface area contributed by atoms with Gasteiger partial charge in [0, 0.05) is 28.3 Å². The van der Waals surface area contributed by atoms with E-state index in [2.05, 4.69) is 16.5 Å². The zero-order valence-corrected chi connectivity index (χ0v) is 13.1. The Bertz CT molecular complexity index is 658. The fourth-order valence-corrected chi connectivity index (χ4v) is 4.14. The fourth-order valence-electron chi connectivity index (χ4n) is 2.86. The van der Waals surface area contributed by atoms with Crippen LogP contribution in [-0.4, -0.2) is 31.9 Å². The van der Waals surface area contributed by atoms with E-state index in [0.29, 0.717) is 12.6 Å². The molecule has 0 spiro atoms. The molecule has 0 aliphatic carbocycles. The molecule has 2 N–H and O–H groups in total. The van der Waals surface area contributed by atoms with Crippen LogP contribution in [0, 0.1) is 0 Å². The highest BCUT2D eigenvalue weighted by Gasteiger charge is 2.24. The first-order valence-electron chi connectivity index (χ1n) is 7.45. The third-order valence-electron chi connectivity index (χ3n) is 3.89. The van der Waals surface area contributed by atoms with Gasteiger partial charge in [-0.1, -0.05) is 13.0 Å². The second-order valence-corrected chi connectivity index (χ2v) is 7.09. The third-order valence-corrected chi connectivity index (χ3v) is 5.28. The van der Waals surface area contributed by atoms with Gasteiger partial charge in [0.05, 0.1) is 12.1 Å². The Balaban J connectivity index is 1.99. The molecule has 0 radical (unpaired) electrons. The summed E-state index contributed by atoms with van der Waals surface area (Å²) in [7, 11) is -0.671. The molecular weight excluding hydrogens is 286 g/mol. The molecule has 114 valence electrons. The lowest BCUT2D eigenvalue weighted by Crippen LogP contribution is -2.22. The van der Waals surface area contributed by atoms with Crippen molar-refractivity contribution in [2.75, 3.05) is 23.8 Å². The van der Waals surface area contributed by atoms with Crippen LogP contribution in [0.3, 0.4) is 0 Å². The summed E-state index contributed by atoms with van der Waals surface area (Å²) in [6.07, 6.45) is 2.74. The number of hydrogen-bond donors (Lipinski definition) is 1. The maximum Gasteiger partial charge on any atom is 0.201 e. The average molecular weight is 307 g/mol. The summed E-state index contributed by atoms with van der Waals surface area (Å²) < 4.78 is 19.4. The van der Waals surface area contributed by atoms with Crippen molar-refractivity contribution in [3.05, 3.63) is 18.2 Å². The van der Waals surface area contributed by atoms with Crippen molar-refractivity contribution in [3.63, 3.8) is 0 Å². The molecule has 21 heavy (non-hydrogen) atoms. The van der Waals surface area contributed by atoms with Crippen LogP contribution in [0.1, 0.15) is 32.2 Å². The van der Waals surface area contributed by atoms with Crippen LogP contribution < -0.4 is 10.5 Å². The van der Waals surface area contributed by atoms with Gasteiger partial charge in [0.25, 0.3) is 0 Å². The van der Waals surface area contributed by atoms with Gasteiger partial charge in [-0.25, -0.2) is 4.98 Å². The van der Waals surface area contributed by atoms with Gasteiger partial charge in [-0.05, 0) is 31.4 Å². The van der Waals surface area contributed by atoms with Crippen LogP contribution >= 0.6 is 0 Å². The number of nitrogens with two attached hydrogens (primary N) is 1. The zero-order valence-electron chi connectivity index (χ0n) is 12.2. The summed E-state index contributed by atoms with van der Waals surface area (Å²) in [4.78, 5) is 4.50. The molecule has 1 aliphatic heterocycles. The number of rotatable bonds is 4. The Morgan fingerprint density at radius 1 is 1.43 bits per heavy atom. The molecule has 5 nitrogen and oxygen atoms in total. The number of para-hydroxylation sites is 1. The predicted octanol–water partition coefficient (Wildman–Crippen LogP) is 2.49. The van der Waals surface area contributed by atoms with Crippen LogP contribution in [0.5, 0.6) is 5.75 Å². The molecule has 2 aromatic rings. The minimum Gasteiger partial charge on any atom is -0.491 e. The minimum atomic E-state index is -0.671. The quantitative estimate of drug-likeness (QED) is 0.942. The monoisotopic (exact) mass is 307 g/mol. The molecule has 1 aliphatic rings. The Kier molecular flexibility index (Phi) is 4.14. The lowest BCUT2D eigenvalue weighted by Gasteiger charge is -2.24. The summed E-state index contributed by atoms with van der Waals surface area (Å²) >= 11 is 0. The first-order valence-corrected chi connectivity index (χ1v) is 8.93. The zero-order chi connectivity index (χ0) is 14.8. The Hall–Kier alpha value is -1.56.